The van der Waals surface area contributed by atoms with Crippen molar-refractivity contribution in [1.29, 1.82) is 0 Å². The molecule has 1 aliphatic rings. The zero-order valence-corrected chi connectivity index (χ0v) is 15.8. The third kappa shape index (κ3) is 5.01. The van der Waals surface area contributed by atoms with Gasteiger partial charge >= 0.3 is 0 Å². The fourth-order valence-electron chi connectivity index (χ4n) is 3.62. The van der Waals surface area contributed by atoms with Crippen LogP contribution in [0.15, 0.2) is 54.6 Å². The quantitative estimate of drug-likeness (QED) is 0.825. The zero-order valence-electron chi connectivity index (χ0n) is 15.1. The Morgan fingerprint density at radius 2 is 1.93 bits per heavy atom. The molecule has 1 atom stereocenters. The number of carbonyl (C=O) groups excluding carboxylic acids is 2. The van der Waals surface area contributed by atoms with Gasteiger partial charge in [0.05, 0.1) is 6.61 Å². The van der Waals surface area contributed by atoms with Gasteiger partial charge in [-0.1, -0.05) is 35.9 Å². The number of hydrogen-bond acceptors (Lipinski definition) is 3. The Balaban J connectivity index is 1.76. The fraction of sp³-hybridized carbons (Fsp3) is 0.333. The molecule has 5 nitrogen and oxygen atoms in total. The summed E-state index contributed by atoms with van der Waals surface area (Å²) in [6.07, 6.45) is 1.74. The number of piperidine rings is 1. The number of rotatable bonds is 6. The van der Waals surface area contributed by atoms with Crippen LogP contribution in [0.25, 0.3) is 0 Å². The fourth-order valence-corrected chi connectivity index (χ4v) is 3.80. The molecule has 0 radical (unpaired) electrons. The van der Waals surface area contributed by atoms with Crippen LogP contribution in [0.4, 0.5) is 0 Å². The molecule has 1 fully saturated rings. The average Bonchev–Trinajstić information content (AvgIpc) is 2.66. The second kappa shape index (κ2) is 8.44. The Kier molecular flexibility index (Phi) is 6.01. The summed E-state index contributed by atoms with van der Waals surface area (Å²) in [7, 11) is 0. The van der Waals surface area contributed by atoms with Gasteiger partial charge in [-0.3, -0.25) is 9.59 Å². The van der Waals surface area contributed by atoms with Crippen LogP contribution in [0.1, 0.15) is 29.6 Å². The van der Waals surface area contributed by atoms with Gasteiger partial charge in [-0.25, -0.2) is 0 Å². The highest BCUT2D eigenvalue weighted by Crippen LogP contribution is 2.35. The molecule has 0 aromatic heterocycles. The highest BCUT2D eigenvalue weighted by Gasteiger charge is 2.39. The molecule has 3 rings (SSSR count). The SMILES string of the molecule is NC(=O)CC1(COc2cccc(Cl)c2)CCCN(C(=O)c2ccccc2)C1. The second-order valence-corrected chi connectivity index (χ2v) is 7.52. The molecule has 2 amide bonds. The van der Waals surface area contributed by atoms with Gasteiger partial charge in [-0.2, -0.15) is 0 Å². The molecule has 2 aromatic carbocycles. The number of nitrogens with zero attached hydrogens (tertiary/aromatic N) is 1. The first-order valence-corrected chi connectivity index (χ1v) is 9.36. The van der Waals surface area contributed by atoms with Gasteiger partial charge in [-0.15, -0.1) is 0 Å². The Bertz CT molecular complexity index is 812. The molecule has 1 unspecified atom stereocenters. The van der Waals surface area contributed by atoms with Gasteiger partial charge in [0.25, 0.3) is 5.91 Å². The van der Waals surface area contributed by atoms with Gasteiger partial charge in [-0.05, 0) is 43.2 Å². The van der Waals surface area contributed by atoms with Crippen molar-refractivity contribution in [3.8, 4) is 5.75 Å². The maximum atomic E-state index is 12.8. The highest BCUT2D eigenvalue weighted by atomic mass is 35.5. The standard InChI is InChI=1S/C21H23ClN2O3/c22-17-8-4-9-18(12-17)27-15-21(13-19(23)25)10-5-11-24(14-21)20(26)16-6-2-1-3-7-16/h1-4,6-9,12H,5,10-11,13-15H2,(H2,23,25). The molecule has 0 saturated carbocycles. The van der Waals surface area contributed by atoms with Crippen molar-refractivity contribution >= 4 is 23.4 Å². The molecule has 1 aliphatic heterocycles. The van der Waals surface area contributed by atoms with Crippen molar-refractivity contribution in [3.63, 3.8) is 0 Å². The third-order valence-corrected chi connectivity index (χ3v) is 5.09. The molecule has 142 valence electrons. The van der Waals surface area contributed by atoms with Crippen LogP contribution in [0.3, 0.4) is 0 Å². The van der Waals surface area contributed by atoms with Gasteiger partial charge in [0.2, 0.25) is 5.91 Å². The largest absolute Gasteiger partial charge is 0.493 e. The summed E-state index contributed by atoms with van der Waals surface area (Å²) < 4.78 is 5.93. The summed E-state index contributed by atoms with van der Waals surface area (Å²) in [5.41, 5.74) is 5.65. The number of amides is 2. The number of likely N-dealkylation sites (tertiary alicyclic amines) is 1. The lowest BCUT2D eigenvalue weighted by Gasteiger charge is -2.42. The Morgan fingerprint density at radius 1 is 1.15 bits per heavy atom. The normalized spacial score (nSPS) is 19.5. The van der Waals surface area contributed by atoms with Gasteiger partial charge in [0.1, 0.15) is 5.75 Å². The molecule has 27 heavy (non-hydrogen) atoms. The van der Waals surface area contributed by atoms with Crippen molar-refractivity contribution in [2.24, 2.45) is 11.1 Å². The van der Waals surface area contributed by atoms with E-state index in [4.69, 9.17) is 22.1 Å². The van der Waals surface area contributed by atoms with Crippen molar-refractivity contribution < 1.29 is 14.3 Å². The number of benzene rings is 2. The van der Waals surface area contributed by atoms with Crippen LogP contribution < -0.4 is 10.5 Å². The average molecular weight is 387 g/mol. The Hall–Kier alpha value is -2.53. The number of halogens is 1. The van der Waals surface area contributed by atoms with Gasteiger partial charge in [0, 0.05) is 35.5 Å². The number of nitrogens with two attached hydrogens (primary N) is 1. The first kappa shape index (κ1) is 19.2. The minimum Gasteiger partial charge on any atom is -0.493 e. The summed E-state index contributed by atoms with van der Waals surface area (Å²) in [6.45, 7) is 1.39. The second-order valence-electron chi connectivity index (χ2n) is 7.09. The lowest BCUT2D eigenvalue weighted by atomic mass is 9.77. The lowest BCUT2D eigenvalue weighted by molar-refractivity contribution is -0.122. The van der Waals surface area contributed by atoms with Crippen LogP contribution in [0.5, 0.6) is 5.75 Å². The summed E-state index contributed by atoms with van der Waals surface area (Å²) >= 11 is 6.01. The highest BCUT2D eigenvalue weighted by molar-refractivity contribution is 6.30. The van der Waals surface area contributed by atoms with Crippen LogP contribution in [0, 0.1) is 5.41 Å². The Morgan fingerprint density at radius 3 is 2.63 bits per heavy atom. The molecule has 0 aliphatic carbocycles. The smallest absolute Gasteiger partial charge is 0.253 e. The van der Waals surface area contributed by atoms with E-state index in [0.717, 1.165) is 12.8 Å². The summed E-state index contributed by atoms with van der Waals surface area (Å²) in [5, 5.41) is 0.584. The van der Waals surface area contributed by atoms with Crippen LogP contribution in [0.2, 0.25) is 5.02 Å². The molecule has 0 spiro atoms. The Labute approximate surface area is 164 Å². The molecular weight excluding hydrogens is 364 g/mol. The molecule has 2 N–H and O–H groups in total. The van der Waals surface area contributed by atoms with E-state index in [0.29, 0.717) is 36.0 Å². The van der Waals surface area contributed by atoms with E-state index in [9.17, 15) is 9.59 Å². The molecule has 6 heteroatoms. The predicted octanol–water partition coefficient (Wildman–Crippen LogP) is 3.52. The van der Waals surface area contributed by atoms with E-state index in [1.807, 2.05) is 30.3 Å². The van der Waals surface area contributed by atoms with Crippen LogP contribution in [-0.2, 0) is 4.79 Å². The van der Waals surface area contributed by atoms with Crippen molar-refractivity contribution in [2.75, 3.05) is 19.7 Å². The van der Waals surface area contributed by atoms with E-state index in [2.05, 4.69) is 0 Å². The number of carbonyl (C=O) groups is 2. The van der Waals surface area contributed by atoms with Crippen LogP contribution >= 0.6 is 11.6 Å². The maximum absolute atomic E-state index is 12.8. The van der Waals surface area contributed by atoms with E-state index >= 15 is 0 Å². The topological polar surface area (TPSA) is 72.6 Å². The summed E-state index contributed by atoms with van der Waals surface area (Å²) in [4.78, 5) is 26.4. The number of primary amides is 1. The van der Waals surface area contributed by atoms with Gasteiger partial charge < -0.3 is 15.4 Å². The molecule has 0 bridgehead atoms. The van der Waals surface area contributed by atoms with Crippen molar-refractivity contribution in [3.05, 3.63) is 65.2 Å². The van der Waals surface area contributed by atoms with Crippen molar-refractivity contribution in [1.82, 2.24) is 4.90 Å². The minimum atomic E-state index is -0.503. The first-order valence-electron chi connectivity index (χ1n) is 8.98. The minimum absolute atomic E-state index is 0.0353. The van der Waals surface area contributed by atoms with E-state index in [1.54, 1.807) is 29.2 Å². The monoisotopic (exact) mass is 386 g/mol. The van der Waals surface area contributed by atoms with Crippen molar-refractivity contribution in [2.45, 2.75) is 19.3 Å². The zero-order chi connectivity index (χ0) is 19.3. The third-order valence-electron chi connectivity index (χ3n) is 4.86. The summed E-state index contributed by atoms with van der Waals surface area (Å²) in [6, 6.07) is 16.3. The van der Waals surface area contributed by atoms with Gasteiger partial charge in [0.15, 0.2) is 0 Å². The molecule has 1 saturated heterocycles. The van der Waals surface area contributed by atoms with Crippen LogP contribution in [-0.4, -0.2) is 36.4 Å². The lowest BCUT2D eigenvalue weighted by Crippen LogP contribution is -2.50. The number of hydrogen-bond donors (Lipinski definition) is 1. The molecule has 2 aromatic rings. The maximum Gasteiger partial charge on any atom is 0.253 e. The summed E-state index contributed by atoms with van der Waals surface area (Å²) in [5.74, 6) is 0.212. The first-order chi connectivity index (χ1) is 13.0. The van der Waals surface area contributed by atoms with E-state index in [1.165, 1.54) is 0 Å². The molecular formula is C21H23ClN2O3. The molecule has 1 heterocycles. The van der Waals surface area contributed by atoms with E-state index < -0.39 is 11.3 Å². The van der Waals surface area contributed by atoms with E-state index in [-0.39, 0.29) is 12.3 Å². The number of ether oxygens (including phenoxy) is 1. The predicted molar refractivity (Wildman–Crippen MR) is 105 cm³/mol.